The fourth-order valence-corrected chi connectivity index (χ4v) is 11.6. The van der Waals surface area contributed by atoms with Gasteiger partial charge in [-0.15, -0.1) is 0 Å². The van der Waals surface area contributed by atoms with Crippen molar-refractivity contribution < 1.29 is 24.5 Å². The van der Waals surface area contributed by atoms with Gasteiger partial charge in [-0.1, -0.05) is 366 Å². The molecule has 0 aliphatic heterocycles. The van der Waals surface area contributed by atoms with Crippen LogP contribution in [-0.2, 0) is 14.3 Å². The Hall–Kier alpha value is -1.66. The number of esters is 1. The average molecular weight is 1130 g/mol. The van der Waals surface area contributed by atoms with Crippen LogP contribution in [0.25, 0.3) is 0 Å². The lowest BCUT2D eigenvalue weighted by atomic mass is 10.0. The van der Waals surface area contributed by atoms with E-state index in [1.165, 1.54) is 340 Å². The van der Waals surface area contributed by atoms with Gasteiger partial charge in [-0.25, -0.2) is 0 Å². The van der Waals surface area contributed by atoms with Gasteiger partial charge in [-0.3, -0.25) is 9.59 Å². The highest BCUT2D eigenvalue weighted by molar-refractivity contribution is 5.76. The molecule has 0 saturated carbocycles. The summed E-state index contributed by atoms with van der Waals surface area (Å²) in [6, 6.07) is -0.625. The number of aliphatic hydroxyl groups is 2. The average Bonchev–Trinajstić information content (AvgIpc) is 3.46. The van der Waals surface area contributed by atoms with Gasteiger partial charge in [0.15, 0.2) is 0 Å². The highest BCUT2D eigenvalue weighted by Crippen LogP contribution is 2.19. The maximum atomic E-state index is 12.5. The van der Waals surface area contributed by atoms with Crippen molar-refractivity contribution in [3.63, 3.8) is 0 Å². The van der Waals surface area contributed by atoms with Gasteiger partial charge in [0, 0.05) is 12.8 Å². The lowest BCUT2D eigenvalue weighted by molar-refractivity contribution is -0.143. The molecule has 0 aromatic carbocycles. The van der Waals surface area contributed by atoms with Gasteiger partial charge in [-0.05, 0) is 57.8 Å². The number of hydrogen-bond acceptors (Lipinski definition) is 5. The molecule has 0 saturated heterocycles. The molecule has 0 aromatic heterocycles. The second kappa shape index (κ2) is 69.8. The maximum absolute atomic E-state index is 12.5. The first-order chi connectivity index (χ1) is 39.5. The van der Waals surface area contributed by atoms with Crippen molar-refractivity contribution in [2.45, 2.75) is 424 Å². The quantitative estimate of drug-likeness (QED) is 0.0320. The van der Waals surface area contributed by atoms with Gasteiger partial charge in [-0.2, -0.15) is 0 Å². The van der Waals surface area contributed by atoms with E-state index in [0.29, 0.717) is 19.4 Å². The molecule has 0 fully saturated rings. The zero-order valence-electron chi connectivity index (χ0n) is 54.3. The SMILES string of the molecule is CCCCCC/C=C\CCCCCCCC(=O)OCCCCCCCCCCCCCCCCCCCCCCCCCCCCCCCCCC(=O)NC(CO)C(O)/C=C/CCCCCCCCCCCCCCCCCCC. The third-order valence-electron chi connectivity index (χ3n) is 17.2. The zero-order valence-corrected chi connectivity index (χ0v) is 54.3. The number of amides is 1. The number of nitrogens with one attached hydrogen (secondary N) is 1. The van der Waals surface area contributed by atoms with Gasteiger partial charge < -0.3 is 20.3 Å². The second-order valence-electron chi connectivity index (χ2n) is 25.3. The summed E-state index contributed by atoms with van der Waals surface area (Å²) in [5, 5.41) is 23.2. The standard InChI is InChI=1S/C74H143NO5/c1-3-5-7-9-11-13-15-17-18-19-33-36-39-43-46-50-54-58-62-66-72(77)71(70-76)75-73(78)67-63-59-55-51-47-44-40-37-34-31-29-27-25-23-21-20-22-24-26-28-30-32-35-38-41-45-49-53-57-61-65-69-80-74(79)68-64-60-56-52-48-42-16-14-12-10-8-6-4-2/h14,16,62,66,71-72,76-77H,3-13,15,17-61,63-65,67-70H2,1-2H3,(H,75,78)/b16-14-,66-62+. The number of carbonyl (C=O) groups excluding carboxylic acids is 2. The molecule has 0 rings (SSSR count). The number of aliphatic hydroxyl groups excluding tert-OH is 2. The Morgan fingerprint density at radius 2 is 0.588 bits per heavy atom. The molecule has 3 N–H and O–H groups in total. The van der Waals surface area contributed by atoms with Crippen LogP contribution in [0.1, 0.15) is 412 Å². The van der Waals surface area contributed by atoms with Crippen LogP contribution in [0.15, 0.2) is 24.3 Å². The van der Waals surface area contributed by atoms with E-state index in [2.05, 4.69) is 31.3 Å². The van der Waals surface area contributed by atoms with Crippen molar-refractivity contribution in [2.24, 2.45) is 0 Å². The molecule has 0 aliphatic carbocycles. The van der Waals surface area contributed by atoms with Crippen molar-refractivity contribution in [1.29, 1.82) is 0 Å². The Bertz CT molecular complexity index is 1250. The van der Waals surface area contributed by atoms with Crippen LogP contribution in [0.4, 0.5) is 0 Å². The van der Waals surface area contributed by atoms with Crippen LogP contribution in [0, 0.1) is 0 Å². The fraction of sp³-hybridized carbons (Fsp3) is 0.919. The van der Waals surface area contributed by atoms with Crippen molar-refractivity contribution in [3.05, 3.63) is 24.3 Å². The molecule has 0 heterocycles. The summed E-state index contributed by atoms with van der Waals surface area (Å²) in [7, 11) is 0. The van der Waals surface area contributed by atoms with Crippen LogP contribution in [0.2, 0.25) is 0 Å². The van der Waals surface area contributed by atoms with Gasteiger partial charge in [0.2, 0.25) is 5.91 Å². The summed E-state index contributed by atoms with van der Waals surface area (Å²) in [6.07, 6.45) is 88.5. The fourth-order valence-electron chi connectivity index (χ4n) is 11.6. The number of unbranched alkanes of at least 4 members (excludes halogenated alkanes) is 56. The maximum Gasteiger partial charge on any atom is 0.305 e. The molecule has 0 spiro atoms. The second-order valence-corrected chi connectivity index (χ2v) is 25.3. The first-order valence-corrected chi connectivity index (χ1v) is 36.6. The monoisotopic (exact) mass is 1130 g/mol. The van der Waals surface area contributed by atoms with Gasteiger partial charge in [0.1, 0.15) is 0 Å². The Kier molecular flexibility index (Phi) is 68.4. The molecule has 1 amide bonds. The number of ether oxygens (including phenoxy) is 1. The van der Waals surface area contributed by atoms with Gasteiger partial charge >= 0.3 is 5.97 Å². The lowest BCUT2D eigenvalue weighted by Crippen LogP contribution is -2.45. The van der Waals surface area contributed by atoms with Crippen molar-refractivity contribution in [3.8, 4) is 0 Å². The van der Waals surface area contributed by atoms with Crippen molar-refractivity contribution in [1.82, 2.24) is 5.32 Å². The van der Waals surface area contributed by atoms with Crippen molar-refractivity contribution in [2.75, 3.05) is 13.2 Å². The number of allylic oxidation sites excluding steroid dienone is 3. The molecule has 0 bridgehead atoms. The van der Waals surface area contributed by atoms with Crippen LogP contribution in [-0.4, -0.2) is 47.4 Å². The smallest absolute Gasteiger partial charge is 0.305 e. The molecule has 2 unspecified atom stereocenters. The molecule has 80 heavy (non-hydrogen) atoms. The third kappa shape index (κ3) is 65.5. The van der Waals surface area contributed by atoms with Crippen LogP contribution in [0.3, 0.4) is 0 Å². The normalized spacial score (nSPS) is 12.6. The summed E-state index contributed by atoms with van der Waals surface area (Å²) >= 11 is 0. The Morgan fingerprint density at radius 1 is 0.338 bits per heavy atom. The molecular formula is C74H143NO5. The Labute approximate surface area is 501 Å². The van der Waals surface area contributed by atoms with Gasteiger partial charge in [0.25, 0.3) is 0 Å². The minimum Gasteiger partial charge on any atom is -0.466 e. The predicted octanol–water partition coefficient (Wildman–Crippen LogP) is 23.7. The topological polar surface area (TPSA) is 95.9 Å². The van der Waals surface area contributed by atoms with E-state index < -0.39 is 12.1 Å². The molecule has 6 nitrogen and oxygen atoms in total. The third-order valence-corrected chi connectivity index (χ3v) is 17.2. The highest BCUT2D eigenvalue weighted by Gasteiger charge is 2.18. The first kappa shape index (κ1) is 78.3. The number of hydrogen-bond donors (Lipinski definition) is 3. The number of rotatable bonds is 69. The summed E-state index contributed by atoms with van der Waals surface area (Å²) in [6.45, 7) is 4.93. The van der Waals surface area contributed by atoms with Crippen LogP contribution in [0.5, 0.6) is 0 Å². The molecular weight excluding hydrogens is 983 g/mol. The molecule has 6 heteroatoms. The molecule has 0 radical (unpaired) electrons. The molecule has 0 aliphatic rings. The van der Waals surface area contributed by atoms with Gasteiger partial charge in [0.05, 0.1) is 25.4 Å². The Balaban J connectivity index is 3.35. The first-order valence-electron chi connectivity index (χ1n) is 36.6. The molecule has 0 aromatic rings. The summed E-state index contributed by atoms with van der Waals surface area (Å²) in [5.41, 5.74) is 0. The molecule has 474 valence electrons. The van der Waals surface area contributed by atoms with Crippen molar-refractivity contribution >= 4 is 11.9 Å². The van der Waals surface area contributed by atoms with E-state index in [0.717, 1.165) is 44.9 Å². The highest BCUT2D eigenvalue weighted by atomic mass is 16.5. The number of carbonyl (C=O) groups is 2. The summed E-state index contributed by atoms with van der Waals surface area (Å²) in [4.78, 5) is 24.6. The predicted molar refractivity (Wildman–Crippen MR) is 352 cm³/mol. The van der Waals surface area contributed by atoms with E-state index >= 15 is 0 Å². The Morgan fingerprint density at radius 3 is 0.900 bits per heavy atom. The summed E-state index contributed by atoms with van der Waals surface area (Å²) in [5.74, 6) is -0.0481. The zero-order chi connectivity index (χ0) is 57.8. The van der Waals surface area contributed by atoms with E-state index in [1.54, 1.807) is 6.08 Å². The minimum absolute atomic E-state index is 0.0117. The van der Waals surface area contributed by atoms with E-state index in [-0.39, 0.29) is 18.5 Å². The summed E-state index contributed by atoms with van der Waals surface area (Å²) < 4.78 is 5.48. The minimum atomic E-state index is -0.842. The van der Waals surface area contributed by atoms with Crippen LogP contribution >= 0.6 is 0 Å². The molecule has 2 atom stereocenters. The van der Waals surface area contributed by atoms with E-state index in [1.807, 2.05) is 6.08 Å². The lowest BCUT2D eigenvalue weighted by Gasteiger charge is -2.20. The van der Waals surface area contributed by atoms with E-state index in [9.17, 15) is 19.8 Å². The van der Waals surface area contributed by atoms with Crippen LogP contribution < -0.4 is 5.32 Å². The largest absolute Gasteiger partial charge is 0.466 e. The van der Waals surface area contributed by atoms with E-state index in [4.69, 9.17) is 4.74 Å².